The molecular weight excluding hydrogens is 1450 g/mol. The number of quaternary nitrogens is 4. The van der Waals surface area contributed by atoms with Crippen LogP contribution in [-0.2, 0) is 22.4 Å². The second-order valence-electron chi connectivity index (χ2n) is 24.8. The van der Waals surface area contributed by atoms with Gasteiger partial charge in [-0.15, -0.1) is 0 Å². The van der Waals surface area contributed by atoms with Gasteiger partial charge in [0.05, 0.1) is 160 Å². The summed E-state index contributed by atoms with van der Waals surface area (Å²) in [6.07, 6.45) is 8.79. The summed E-state index contributed by atoms with van der Waals surface area (Å²) >= 11 is 0. The second kappa shape index (κ2) is 32.2. The highest BCUT2D eigenvalue weighted by atomic mass is 127. The van der Waals surface area contributed by atoms with Gasteiger partial charge in [-0.05, 0) is 110 Å². The number of amides is 2. The van der Waals surface area contributed by atoms with E-state index >= 15 is 0 Å². The lowest BCUT2D eigenvalue weighted by Crippen LogP contribution is -3.00. The number of ether oxygens (including phenoxy) is 4. The van der Waals surface area contributed by atoms with E-state index in [1.54, 1.807) is 10.0 Å². The fourth-order valence-electron chi connectivity index (χ4n) is 9.85. The molecule has 15 nitrogen and oxygen atoms in total. The highest BCUT2D eigenvalue weighted by Gasteiger charge is 2.36. The van der Waals surface area contributed by atoms with Crippen molar-refractivity contribution >= 4 is 34.6 Å². The summed E-state index contributed by atoms with van der Waals surface area (Å²) < 4.78 is 27.7. The van der Waals surface area contributed by atoms with Gasteiger partial charge in [0.1, 0.15) is 23.0 Å². The number of rotatable bonds is 22. The first-order valence-electron chi connectivity index (χ1n) is 27.0. The van der Waals surface area contributed by atoms with E-state index in [1.165, 1.54) is 11.1 Å². The first-order chi connectivity index (χ1) is 35.0. The number of carbonyl (C=O) groups excluding carboxylic acids is 2. The first kappa shape index (κ1) is 72.2. The zero-order valence-corrected chi connectivity index (χ0v) is 57.6. The predicted octanol–water partition coefficient (Wildman–Crippen LogP) is -4.13. The van der Waals surface area contributed by atoms with E-state index in [0.717, 1.165) is 152 Å². The third kappa shape index (κ3) is 22.6. The van der Waals surface area contributed by atoms with E-state index in [9.17, 15) is 9.59 Å². The minimum atomic E-state index is 0. The second-order valence-corrected chi connectivity index (χ2v) is 24.8. The zero-order valence-electron chi connectivity index (χ0n) is 49.0. The molecule has 2 amide bonds. The molecule has 4 aromatic carbocycles. The standard InChI is InChI=1S/2C30H44N4O3.4HI.H2O/c2*1-33(2,3)17-7-19-36-26-15-12-25(13-16-26)32-29(35)21-24-10-9-23-11-14-27(22-28(23)30(24)31-32)37-20-8-18-34(4,5)6;;;;;/h2*11-16,22,24H,7-10,17-21H2,1-6H3;4*1H;1H2/q2*+2;;;;;/p-4. The van der Waals surface area contributed by atoms with Gasteiger partial charge in [0.25, 0.3) is 0 Å². The molecule has 2 aliphatic heterocycles. The molecule has 2 aliphatic carbocycles. The van der Waals surface area contributed by atoms with Crippen molar-refractivity contribution in [3.63, 3.8) is 0 Å². The molecule has 79 heavy (non-hydrogen) atoms. The number of anilines is 2. The number of fused-ring (bicyclic) bond motifs is 6. The average molecular weight is 1540 g/mol. The lowest BCUT2D eigenvalue weighted by molar-refractivity contribution is -0.870. The van der Waals surface area contributed by atoms with Gasteiger partial charge in [-0.25, -0.2) is 10.0 Å². The van der Waals surface area contributed by atoms with Crippen LogP contribution < -0.4 is 125 Å². The number of hydrogen-bond acceptors (Lipinski definition) is 8. The van der Waals surface area contributed by atoms with Gasteiger partial charge < -0.3 is 138 Å². The molecule has 2 heterocycles. The Bertz CT molecular complexity index is 2430. The molecule has 0 radical (unpaired) electrons. The monoisotopic (exact) mass is 1540 g/mol. The smallest absolute Gasteiger partial charge is 0.248 e. The minimum Gasteiger partial charge on any atom is -1.00 e. The normalized spacial score (nSPS) is 16.6. The maximum atomic E-state index is 13.0. The maximum absolute atomic E-state index is 13.0. The minimum absolute atomic E-state index is 0. The van der Waals surface area contributed by atoms with Gasteiger partial charge in [-0.2, -0.15) is 10.2 Å². The van der Waals surface area contributed by atoms with Crippen molar-refractivity contribution in [1.29, 1.82) is 0 Å². The van der Waals surface area contributed by atoms with Gasteiger partial charge >= 0.3 is 0 Å². The van der Waals surface area contributed by atoms with Crippen LogP contribution in [0.25, 0.3) is 0 Å². The van der Waals surface area contributed by atoms with Crippen molar-refractivity contribution in [2.24, 2.45) is 22.0 Å². The van der Waals surface area contributed by atoms with Gasteiger partial charge in [0.2, 0.25) is 11.8 Å². The Hall–Kier alpha value is -2.92. The van der Waals surface area contributed by atoms with Gasteiger partial charge in [0.15, 0.2) is 0 Å². The number of hydrogen-bond donors (Lipinski definition) is 0. The summed E-state index contributed by atoms with van der Waals surface area (Å²) in [6, 6.07) is 28.1. The quantitative estimate of drug-likeness (QED) is 0.0447. The van der Waals surface area contributed by atoms with Crippen LogP contribution in [-0.4, -0.2) is 184 Å². The molecule has 0 bridgehead atoms. The van der Waals surface area contributed by atoms with Gasteiger partial charge in [-0.1, -0.05) is 12.1 Å². The van der Waals surface area contributed by atoms with E-state index in [4.69, 9.17) is 29.2 Å². The molecule has 2 atom stereocenters. The Morgan fingerprint density at radius 3 is 1.00 bits per heavy atom. The van der Waals surface area contributed by atoms with E-state index in [-0.39, 0.29) is 125 Å². The summed E-state index contributed by atoms with van der Waals surface area (Å²) in [5.74, 6) is 3.79. The number of benzene rings is 4. The molecule has 2 unspecified atom stereocenters. The van der Waals surface area contributed by atoms with Crippen LogP contribution in [0.3, 0.4) is 0 Å². The fourth-order valence-corrected chi connectivity index (χ4v) is 9.85. The van der Waals surface area contributed by atoms with E-state index in [2.05, 4.69) is 121 Å². The Morgan fingerprint density at radius 1 is 0.430 bits per heavy atom. The van der Waals surface area contributed by atoms with Crippen LogP contribution in [0.2, 0.25) is 0 Å². The number of halogens is 4. The zero-order chi connectivity index (χ0) is 53.3. The van der Waals surface area contributed by atoms with Gasteiger partial charge in [-0.3, -0.25) is 9.59 Å². The summed E-state index contributed by atoms with van der Waals surface area (Å²) in [4.78, 5) is 26.1. The van der Waals surface area contributed by atoms with Crippen molar-refractivity contribution < 1.29 is 148 Å². The lowest BCUT2D eigenvalue weighted by Gasteiger charge is -2.33. The molecule has 0 spiro atoms. The molecule has 0 aromatic heterocycles. The van der Waals surface area contributed by atoms with Crippen LogP contribution >= 0.6 is 0 Å². The Balaban J connectivity index is 0.000000508. The van der Waals surface area contributed by atoms with E-state index in [1.807, 2.05) is 48.5 Å². The molecular formula is C60H90I4N8O7. The molecule has 4 aromatic rings. The molecule has 19 heteroatoms. The topological polar surface area (TPSA) is 134 Å². The Kier molecular flexibility index (Phi) is 29.4. The van der Waals surface area contributed by atoms with Gasteiger partial charge in [0, 0.05) is 61.5 Å². The van der Waals surface area contributed by atoms with Crippen molar-refractivity contribution in [1.82, 2.24) is 0 Å². The Labute approximate surface area is 541 Å². The highest BCUT2D eigenvalue weighted by Crippen LogP contribution is 2.37. The highest BCUT2D eigenvalue weighted by molar-refractivity contribution is 6.12. The average Bonchev–Trinajstić information content (AvgIpc) is 3.33. The largest absolute Gasteiger partial charge is 1.00 e. The third-order valence-electron chi connectivity index (χ3n) is 13.9. The maximum Gasteiger partial charge on any atom is 0.248 e. The van der Waals surface area contributed by atoms with Crippen LogP contribution in [0.15, 0.2) is 95.1 Å². The summed E-state index contributed by atoms with van der Waals surface area (Å²) in [5, 5.41) is 12.9. The number of hydrazone groups is 2. The predicted molar refractivity (Wildman–Crippen MR) is 302 cm³/mol. The van der Waals surface area contributed by atoms with Crippen LogP contribution in [0.1, 0.15) is 73.6 Å². The Morgan fingerprint density at radius 2 is 0.709 bits per heavy atom. The summed E-state index contributed by atoms with van der Waals surface area (Å²) in [7, 11) is 26.3. The molecule has 8 rings (SSSR count). The van der Waals surface area contributed by atoms with Crippen molar-refractivity contribution in [3.8, 4) is 23.0 Å². The molecule has 0 saturated heterocycles. The SMILES string of the molecule is C[N+](C)(C)CCCOc1ccc(N2N=C3c4cc(OCCC[N+](C)(C)C)ccc4CCC3CC2=O)cc1.C[N+](C)(C)CCCOc1ccc(N2N=C3c4cc(OCCC[N+](C)(C)C)ccc4CCC3CC2=O)cc1.O.[I-].[I-].[I-].[I-]. The molecule has 0 saturated carbocycles. The summed E-state index contributed by atoms with van der Waals surface area (Å²) in [6.45, 7) is 6.99. The fraction of sp³-hybridized carbons (Fsp3) is 0.533. The van der Waals surface area contributed by atoms with Crippen molar-refractivity contribution in [2.75, 3.05) is 147 Å². The van der Waals surface area contributed by atoms with Crippen molar-refractivity contribution in [2.45, 2.75) is 64.2 Å². The van der Waals surface area contributed by atoms with Crippen LogP contribution in [0, 0.1) is 11.8 Å². The van der Waals surface area contributed by atoms with Crippen molar-refractivity contribution in [3.05, 3.63) is 107 Å². The van der Waals surface area contributed by atoms with E-state index in [0.29, 0.717) is 39.3 Å². The molecule has 2 N–H and O–H groups in total. The lowest BCUT2D eigenvalue weighted by atomic mass is 9.79. The van der Waals surface area contributed by atoms with Crippen LogP contribution in [0.4, 0.5) is 11.4 Å². The first-order valence-corrected chi connectivity index (χ1v) is 27.0. The van der Waals surface area contributed by atoms with E-state index < -0.39 is 0 Å². The summed E-state index contributed by atoms with van der Waals surface area (Å²) in [5.41, 5.74) is 8.34. The number of aryl methyl sites for hydroxylation is 2. The number of nitrogens with zero attached hydrogens (tertiary/aromatic N) is 8. The third-order valence-corrected chi connectivity index (χ3v) is 13.9. The molecule has 4 aliphatic rings. The molecule has 440 valence electrons. The molecule has 0 fully saturated rings. The number of carbonyl (C=O) groups is 2. The van der Waals surface area contributed by atoms with Crippen LogP contribution in [0.5, 0.6) is 23.0 Å².